The molecular weight excluding hydrogens is 339 g/mol. The zero-order valence-electron chi connectivity index (χ0n) is 11.8. The number of amides is 1. The standard InChI is InChI=1S/C14H13ClF3NO4/c15-10-4-3-8(6-9(10)14(16,17)18)19-12(20)7-23-13(21)11-2-1-5-22-11/h3-4,6,11H,1-2,5,7H2,(H,19,20)/t11-/m0/s1. The first-order chi connectivity index (χ1) is 10.8. The summed E-state index contributed by atoms with van der Waals surface area (Å²) in [6, 6.07) is 2.96. The van der Waals surface area contributed by atoms with Gasteiger partial charge in [-0.2, -0.15) is 13.2 Å². The summed E-state index contributed by atoms with van der Waals surface area (Å²) in [7, 11) is 0. The van der Waals surface area contributed by atoms with Gasteiger partial charge in [0.2, 0.25) is 0 Å². The van der Waals surface area contributed by atoms with Gasteiger partial charge in [0, 0.05) is 12.3 Å². The number of alkyl halides is 3. The van der Waals surface area contributed by atoms with Gasteiger partial charge in [-0.05, 0) is 31.0 Å². The van der Waals surface area contributed by atoms with Crippen molar-refractivity contribution in [1.29, 1.82) is 0 Å². The van der Waals surface area contributed by atoms with Crippen molar-refractivity contribution in [2.24, 2.45) is 0 Å². The van der Waals surface area contributed by atoms with Gasteiger partial charge in [0.1, 0.15) is 0 Å². The Morgan fingerprint density at radius 2 is 2.13 bits per heavy atom. The minimum absolute atomic E-state index is 0.0973. The summed E-state index contributed by atoms with van der Waals surface area (Å²) in [4.78, 5) is 23.2. The zero-order chi connectivity index (χ0) is 17.0. The summed E-state index contributed by atoms with van der Waals surface area (Å²) in [5.41, 5.74) is -1.16. The molecule has 0 radical (unpaired) electrons. The molecule has 1 N–H and O–H groups in total. The quantitative estimate of drug-likeness (QED) is 0.847. The van der Waals surface area contributed by atoms with Gasteiger partial charge in [0.05, 0.1) is 10.6 Å². The maximum atomic E-state index is 12.7. The molecule has 5 nitrogen and oxygen atoms in total. The maximum absolute atomic E-state index is 12.7. The van der Waals surface area contributed by atoms with Crippen molar-refractivity contribution in [1.82, 2.24) is 0 Å². The second-order valence-electron chi connectivity index (χ2n) is 4.85. The normalized spacial score (nSPS) is 17.8. The molecule has 0 saturated carbocycles. The van der Waals surface area contributed by atoms with Crippen LogP contribution in [0.5, 0.6) is 0 Å². The number of carbonyl (C=O) groups is 2. The van der Waals surface area contributed by atoms with Gasteiger partial charge < -0.3 is 14.8 Å². The lowest BCUT2D eigenvalue weighted by Gasteiger charge is -2.12. The van der Waals surface area contributed by atoms with E-state index in [1.807, 2.05) is 0 Å². The van der Waals surface area contributed by atoms with Gasteiger partial charge in [0.25, 0.3) is 5.91 Å². The molecule has 0 spiro atoms. The van der Waals surface area contributed by atoms with Crippen molar-refractivity contribution in [2.45, 2.75) is 25.1 Å². The number of esters is 1. The summed E-state index contributed by atoms with van der Waals surface area (Å²) in [5, 5.41) is 1.74. The van der Waals surface area contributed by atoms with E-state index in [2.05, 4.69) is 5.32 Å². The fraction of sp³-hybridized carbons (Fsp3) is 0.429. The predicted octanol–water partition coefficient (Wildman–Crippen LogP) is 3.02. The van der Waals surface area contributed by atoms with E-state index in [0.29, 0.717) is 19.1 Å². The second-order valence-corrected chi connectivity index (χ2v) is 5.26. The molecule has 1 aromatic rings. The summed E-state index contributed by atoms with van der Waals surface area (Å²) >= 11 is 5.48. The second kappa shape index (κ2) is 7.18. The van der Waals surface area contributed by atoms with Gasteiger partial charge in [0.15, 0.2) is 12.7 Å². The molecule has 0 unspecified atom stereocenters. The van der Waals surface area contributed by atoms with Crippen LogP contribution < -0.4 is 5.32 Å². The largest absolute Gasteiger partial charge is 0.454 e. The SMILES string of the molecule is O=C(COC(=O)[C@@H]1CCCO1)Nc1ccc(Cl)c(C(F)(F)F)c1. The van der Waals surface area contributed by atoms with Crippen LogP contribution >= 0.6 is 11.6 Å². The average Bonchev–Trinajstić information content (AvgIpc) is 3.00. The third-order valence-electron chi connectivity index (χ3n) is 3.09. The number of halogens is 4. The molecule has 1 fully saturated rings. The van der Waals surface area contributed by atoms with Crippen LogP contribution in [0.25, 0.3) is 0 Å². The summed E-state index contributed by atoms with van der Waals surface area (Å²) in [6.45, 7) is -0.153. The number of ether oxygens (including phenoxy) is 2. The van der Waals surface area contributed by atoms with Gasteiger partial charge in [-0.3, -0.25) is 4.79 Å². The molecular formula is C14H13ClF3NO4. The van der Waals surface area contributed by atoms with Crippen LogP contribution in [0.3, 0.4) is 0 Å². The Kier molecular flexibility index (Phi) is 5.48. The maximum Gasteiger partial charge on any atom is 0.417 e. The first kappa shape index (κ1) is 17.6. The van der Waals surface area contributed by atoms with Crippen molar-refractivity contribution in [2.75, 3.05) is 18.5 Å². The topological polar surface area (TPSA) is 64.6 Å². The monoisotopic (exact) mass is 351 g/mol. The molecule has 1 aliphatic heterocycles. The Morgan fingerprint density at radius 1 is 1.39 bits per heavy atom. The molecule has 1 aliphatic rings. The first-order valence-electron chi connectivity index (χ1n) is 6.72. The minimum Gasteiger partial charge on any atom is -0.454 e. The van der Waals surface area contributed by atoms with Crippen LogP contribution in [0, 0.1) is 0 Å². The third-order valence-corrected chi connectivity index (χ3v) is 3.42. The molecule has 126 valence electrons. The molecule has 1 saturated heterocycles. The highest BCUT2D eigenvalue weighted by Gasteiger charge is 2.33. The Bertz CT molecular complexity index is 600. The molecule has 9 heteroatoms. The van der Waals surface area contributed by atoms with Crippen molar-refractivity contribution in [3.8, 4) is 0 Å². The molecule has 1 amide bonds. The van der Waals surface area contributed by atoms with Crippen LogP contribution in [-0.2, 0) is 25.2 Å². The predicted molar refractivity (Wildman–Crippen MR) is 75.0 cm³/mol. The van der Waals surface area contributed by atoms with Crippen LogP contribution in [-0.4, -0.2) is 31.2 Å². The summed E-state index contributed by atoms with van der Waals surface area (Å²) in [5.74, 6) is -1.42. The van der Waals surface area contributed by atoms with Crippen LogP contribution in [0.4, 0.5) is 18.9 Å². The van der Waals surface area contributed by atoms with Crippen molar-refractivity contribution >= 4 is 29.2 Å². The fourth-order valence-corrected chi connectivity index (χ4v) is 2.24. The lowest BCUT2D eigenvalue weighted by Crippen LogP contribution is -2.27. The minimum atomic E-state index is -4.63. The number of nitrogens with one attached hydrogen (secondary N) is 1. The van der Waals surface area contributed by atoms with Crippen LogP contribution in [0.1, 0.15) is 18.4 Å². The van der Waals surface area contributed by atoms with Gasteiger partial charge in [-0.1, -0.05) is 11.6 Å². The van der Waals surface area contributed by atoms with E-state index in [-0.39, 0.29) is 5.69 Å². The third kappa shape index (κ3) is 4.84. The lowest BCUT2D eigenvalue weighted by atomic mass is 10.2. The van der Waals surface area contributed by atoms with E-state index in [4.69, 9.17) is 21.1 Å². The molecule has 0 aromatic heterocycles. The Hall–Kier alpha value is -1.80. The fourth-order valence-electron chi connectivity index (χ4n) is 2.01. The highest BCUT2D eigenvalue weighted by atomic mass is 35.5. The molecule has 1 atom stereocenters. The molecule has 0 bridgehead atoms. The van der Waals surface area contributed by atoms with Crippen molar-refractivity contribution in [3.63, 3.8) is 0 Å². The summed E-state index contributed by atoms with van der Waals surface area (Å²) < 4.78 is 48.0. The molecule has 2 rings (SSSR count). The highest BCUT2D eigenvalue weighted by molar-refractivity contribution is 6.31. The van der Waals surface area contributed by atoms with E-state index in [9.17, 15) is 22.8 Å². The highest BCUT2D eigenvalue weighted by Crippen LogP contribution is 2.36. The van der Waals surface area contributed by atoms with E-state index in [1.54, 1.807) is 0 Å². The smallest absolute Gasteiger partial charge is 0.417 e. The Balaban J connectivity index is 1.91. The number of rotatable bonds is 4. The molecule has 0 aliphatic carbocycles. The molecule has 23 heavy (non-hydrogen) atoms. The van der Waals surface area contributed by atoms with E-state index in [0.717, 1.165) is 12.5 Å². The average molecular weight is 352 g/mol. The van der Waals surface area contributed by atoms with E-state index < -0.39 is 41.3 Å². The number of anilines is 1. The Labute approximate surface area is 134 Å². The van der Waals surface area contributed by atoms with Gasteiger partial charge in [-0.15, -0.1) is 0 Å². The number of carbonyl (C=O) groups excluding carboxylic acids is 2. The molecule has 1 heterocycles. The Morgan fingerprint density at radius 3 is 2.74 bits per heavy atom. The number of benzene rings is 1. The van der Waals surface area contributed by atoms with Crippen LogP contribution in [0.2, 0.25) is 5.02 Å². The number of hydrogen-bond acceptors (Lipinski definition) is 4. The summed E-state index contributed by atoms with van der Waals surface area (Å²) in [6.07, 6.45) is -4.07. The van der Waals surface area contributed by atoms with E-state index in [1.165, 1.54) is 6.07 Å². The van der Waals surface area contributed by atoms with Crippen molar-refractivity contribution in [3.05, 3.63) is 28.8 Å². The van der Waals surface area contributed by atoms with Crippen molar-refractivity contribution < 1.29 is 32.2 Å². The van der Waals surface area contributed by atoms with E-state index >= 15 is 0 Å². The van der Waals surface area contributed by atoms with Crippen LogP contribution in [0.15, 0.2) is 18.2 Å². The zero-order valence-corrected chi connectivity index (χ0v) is 12.5. The number of hydrogen-bond donors (Lipinski definition) is 1. The lowest BCUT2D eigenvalue weighted by molar-refractivity contribution is -0.156. The van der Waals surface area contributed by atoms with Gasteiger partial charge in [-0.25, -0.2) is 4.79 Å². The first-order valence-corrected chi connectivity index (χ1v) is 7.10. The molecule has 1 aromatic carbocycles. The van der Waals surface area contributed by atoms with Gasteiger partial charge >= 0.3 is 12.1 Å².